The van der Waals surface area contributed by atoms with E-state index in [0.717, 1.165) is 83.5 Å². The smallest absolute Gasteiger partial charge is 0.387 e. The van der Waals surface area contributed by atoms with Gasteiger partial charge in [-0.2, -0.15) is 0 Å². The first-order chi connectivity index (χ1) is 23.0. The average molecular weight is 694 g/mol. The van der Waals surface area contributed by atoms with Gasteiger partial charge >= 0.3 is 7.82 Å². The number of carbonyl (C=O) groups excluding carboxylic acids is 1. The Labute approximate surface area is 294 Å². The first-order valence-electron chi connectivity index (χ1n) is 18.3. The number of aliphatic hydroxyl groups is 1. The molecule has 0 aromatic heterocycles. The van der Waals surface area contributed by atoms with Crippen LogP contribution in [-0.2, 0) is 18.4 Å². The van der Waals surface area contributed by atoms with E-state index in [1.54, 1.807) is 6.08 Å². The second-order valence-electron chi connectivity index (χ2n) is 13.2. The SMILES string of the molecule is CC/C=C\C/C=C\C/C=C\C/C=C\CCCCCCCCC(=O)NC(COP(=O)(O)OCC[N+](C)(C)C)C(O)/C=C/CC/C=C/CCC. The average Bonchev–Trinajstić information content (AvgIpc) is 3.02. The van der Waals surface area contributed by atoms with Crippen molar-refractivity contribution < 1.29 is 32.9 Å². The Morgan fingerprint density at radius 2 is 1.27 bits per heavy atom. The van der Waals surface area contributed by atoms with Gasteiger partial charge in [-0.3, -0.25) is 13.8 Å². The predicted octanol–water partition coefficient (Wildman–Crippen LogP) is 9.29. The number of likely N-dealkylation sites (N-methyl/N-ethyl adjacent to an activating group) is 1. The van der Waals surface area contributed by atoms with Gasteiger partial charge in [-0.15, -0.1) is 0 Å². The van der Waals surface area contributed by atoms with Crippen LogP contribution in [0.15, 0.2) is 72.9 Å². The van der Waals surface area contributed by atoms with Gasteiger partial charge in [0.1, 0.15) is 13.2 Å². The summed E-state index contributed by atoms with van der Waals surface area (Å²) in [5, 5.41) is 13.6. The lowest BCUT2D eigenvalue weighted by molar-refractivity contribution is -0.870. The molecule has 48 heavy (non-hydrogen) atoms. The summed E-state index contributed by atoms with van der Waals surface area (Å²) in [6.07, 6.45) is 39.9. The molecule has 9 heteroatoms. The second kappa shape index (κ2) is 31.0. The number of quaternary nitrogens is 1. The van der Waals surface area contributed by atoms with Crippen molar-refractivity contribution in [3.8, 4) is 0 Å². The van der Waals surface area contributed by atoms with Crippen molar-refractivity contribution in [1.82, 2.24) is 5.32 Å². The molecule has 1 amide bonds. The summed E-state index contributed by atoms with van der Waals surface area (Å²) >= 11 is 0. The molecule has 3 unspecified atom stereocenters. The maximum atomic E-state index is 12.7. The summed E-state index contributed by atoms with van der Waals surface area (Å²) in [7, 11) is 1.52. The standard InChI is InChI=1S/C39H69N2O6P/c1-6-8-10-12-14-15-16-17-18-19-20-21-22-23-24-25-27-29-31-33-39(43)40-37(38(42)32-30-28-26-13-11-9-7-2)36-47-48(44,45)46-35-34-41(3,4)5/h8,10-11,13-15,17-18,20-21,30,32,37-38,42H,6-7,9,12,16,19,22-29,31,33-36H2,1-5H3,(H-,40,43,44,45)/p+1/b10-8-,13-11+,15-14-,18-17-,21-20-,32-30+. The van der Waals surface area contributed by atoms with Crippen LogP contribution in [0, 0.1) is 0 Å². The van der Waals surface area contributed by atoms with Crippen LogP contribution in [-0.4, -0.2) is 73.4 Å². The molecule has 8 nitrogen and oxygen atoms in total. The first-order valence-corrected chi connectivity index (χ1v) is 19.8. The topological polar surface area (TPSA) is 105 Å². The van der Waals surface area contributed by atoms with Gasteiger partial charge in [-0.1, -0.05) is 119 Å². The zero-order chi connectivity index (χ0) is 35.8. The third-order valence-corrected chi connectivity index (χ3v) is 8.38. The normalized spacial score (nSPS) is 15.6. The number of nitrogens with one attached hydrogen (secondary N) is 1. The van der Waals surface area contributed by atoms with Crippen LogP contribution in [0.2, 0.25) is 0 Å². The number of phosphoric acid groups is 1. The van der Waals surface area contributed by atoms with Gasteiger partial charge in [-0.05, 0) is 64.2 Å². The molecule has 0 aliphatic heterocycles. The van der Waals surface area contributed by atoms with Crippen molar-refractivity contribution in [3.63, 3.8) is 0 Å². The van der Waals surface area contributed by atoms with E-state index >= 15 is 0 Å². The van der Waals surface area contributed by atoms with Gasteiger partial charge < -0.3 is 19.8 Å². The summed E-state index contributed by atoms with van der Waals surface area (Å²) in [6, 6.07) is -0.870. The summed E-state index contributed by atoms with van der Waals surface area (Å²) in [6.45, 7) is 4.51. The molecule has 0 radical (unpaired) electrons. The second-order valence-corrected chi connectivity index (χ2v) is 14.7. The third kappa shape index (κ3) is 32.5. The van der Waals surface area contributed by atoms with E-state index in [1.165, 1.54) is 12.8 Å². The number of rotatable bonds is 31. The van der Waals surface area contributed by atoms with E-state index in [9.17, 15) is 19.4 Å². The number of phosphoric ester groups is 1. The highest BCUT2D eigenvalue weighted by atomic mass is 31.2. The van der Waals surface area contributed by atoms with Crippen molar-refractivity contribution in [2.24, 2.45) is 0 Å². The molecule has 0 aromatic rings. The molecule has 0 fully saturated rings. The summed E-state index contributed by atoms with van der Waals surface area (Å²) in [5.41, 5.74) is 0. The number of aliphatic hydroxyl groups excluding tert-OH is 1. The Balaban J connectivity index is 4.43. The molecule has 0 saturated carbocycles. The Kier molecular flexibility index (Phi) is 29.6. The molecule has 3 N–H and O–H groups in total. The monoisotopic (exact) mass is 693 g/mol. The van der Waals surface area contributed by atoms with Crippen molar-refractivity contribution in [1.29, 1.82) is 0 Å². The van der Waals surface area contributed by atoms with Crippen LogP contribution >= 0.6 is 7.82 Å². The number of unbranched alkanes of at least 4 members (excludes halogenated alkanes) is 8. The summed E-state index contributed by atoms with van der Waals surface area (Å²) in [4.78, 5) is 22.9. The fourth-order valence-corrected chi connectivity index (χ4v) is 5.20. The molecule has 3 atom stereocenters. The van der Waals surface area contributed by atoms with Crippen LogP contribution in [0.25, 0.3) is 0 Å². The fourth-order valence-electron chi connectivity index (χ4n) is 4.46. The molecule has 0 bridgehead atoms. The number of amides is 1. The van der Waals surface area contributed by atoms with Gasteiger partial charge in [0.2, 0.25) is 5.91 Å². The van der Waals surface area contributed by atoms with Crippen molar-refractivity contribution in [3.05, 3.63) is 72.9 Å². The number of hydrogen-bond donors (Lipinski definition) is 3. The van der Waals surface area contributed by atoms with E-state index in [4.69, 9.17) is 9.05 Å². The van der Waals surface area contributed by atoms with Crippen molar-refractivity contribution in [2.75, 3.05) is 40.9 Å². The lowest BCUT2D eigenvalue weighted by atomic mass is 10.1. The molecule has 0 spiro atoms. The molecule has 0 saturated heterocycles. The lowest BCUT2D eigenvalue weighted by Crippen LogP contribution is -2.45. The van der Waals surface area contributed by atoms with Gasteiger partial charge in [0.05, 0.1) is 39.9 Å². The van der Waals surface area contributed by atoms with E-state index < -0.39 is 20.0 Å². The number of carbonyl (C=O) groups is 1. The molecule has 0 heterocycles. The highest BCUT2D eigenvalue weighted by Crippen LogP contribution is 2.43. The number of allylic oxidation sites excluding steroid dienone is 11. The maximum Gasteiger partial charge on any atom is 0.472 e. The van der Waals surface area contributed by atoms with Gasteiger partial charge in [-0.25, -0.2) is 4.57 Å². The van der Waals surface area contributed by atoms with Crippen molar-refractivity contribution >= 4 is 13.7 Å². The highest BCUT2D eigenvalue weighted by molar-refractivity contribution is 7.47. The number of hydrogen-bond acceptors (Lipinski definition) is 5. The van der Waals surface area contributed by atoms with Crippen LogP contribution in [0.5, 0.6) is 0 Å². The maximum absolute atomic E-state index is 12.7. The Bertz CT molecular complexity index is 1010. The largest absolute Gasteiger partial charge is 0.472 e. The zero-order valence-electron chi connectivity index (χ0n) is 30.9. The molecule has 0 aliphatic carbocycles. The Hall–Kier alpha value is -2.06. The van der Waals surface area contributed by atoms with Crippen molar-refractivity contribution in [2.45, 2.75) is 129 Å². The van der Waals surface area contributed by atoms with E-state index in [2.05, 4.69) is 79.9 Å². The van der Waals surface area contributed by atoms with Crippen LogP contribution in [0.1, 0.15) is 117 Å². The summed E-state index contributed by atoms with van der Waals surface area (Å²) < 4.78 is 23.3. The molecule has 0 aromatic carbocycles. The van der Waals surface area contributed by atoms with E-state index in [1.807, 2.05) is 27.2 Å². The Morgan fingerprint density at radius 3 is 1.90 bits per heavy atom. The minimum Gasteiger partial charge on any atom is -0.387 e. The van der Waals surface area contributed by atoms with E-state index in [0.29, 0.717) is 17.4 Å². The minimum absolute atomic E-state index is 0.0484. The zero-order valence-corrected chi connectivity index (χ0v) is 31.8. The van der Waals surface area contributed by atoms with Crippen LogP contribution in [0.3, 0.4) is 0 Å². The van der Waals surface area contributed by atoms with Crippen LogP contribution in [0.4, 0.5) is 0 Å². The first kappa shape index (κ1) is 45.9. The third-order valence-electron chi connectivity index (χ3n) is 7.39. The van der Waals surface area contributed by atoms with Gasteiger partial charge in [0.25, 0.3) is 0 Å². The quantitative estimate of drug-likeness (QED) is 0.0289. The van der Waals surface area contributed by atoms with E-state index in [-0.39, 0.29) is 19.1 Å². The highest BCUT2D eigenvalue weighted by Gasteiger charge is 2.27. The number of nitrogens with zero attached hydrogens (tertiary/aromatic N) is 1. The predicted molar refractivity (Wildman–Crippen MR) is 203 cm³/mol. The minimum atomic E-state index is -4.34. The fraction of sp³-hybridized carbons (Fsp3) is 0.667. The molecular formula is C39H70N2O6P+. The van der Waals surface area contributed by atoms with Gasteiger partial charge in [0, 0.05) is 6.42 Å². The van der Waals surface area contributed by atoms with Crippen LogP contribution < -0.4 is 5.32 Å². The lowest BCUT2D eigenvalue weighted by Gasteiger charge is -2.25. The molecule has 0 aliphatic rings. The summed E-state index contributed by atoms with van der Waals surface area (Å²) in [5.74, 6) is -0.211. The Morgan fingerprint density at radius 1 is 0.729 bits per heavy atom. The molecular weight excluding hydrogens is 623 g/mol. The van der Waals surface area contributed by atoms with Gasteiger partial charge in [0.15, 0.2) is 0 Å². The molecule has 0 rings (SSSR count). The molecule has 276 valence electrons.